The number of nitrogens with zero attached hydrogens (tertiary/aromatic N) is 1. The van der Waals surface area contributed by atoms with Crippen molar-refractivity contribution in [3.05, 3.63) is 0 Å². The zero-order valence-corrected chi connectivity index (χ0v) is 6.92. The van der Waals surface area contributed by atoms with Crippen LogP contribution in [0.5, 0.6) is 0 Å². The van der Waals surface area contributed by atoms with E-state index in [0.29, 0.717) is 0 Å². The quantitative estimate of drug-likeness (QED) is 0.544. The summed E-state index contributed by atoms with van der Waals surface area (Å²) in [5.41, 5.74) is 0. The molecule has 3 amide bonds. The molecule has 0 aliphatic carbocycles. The van der Waals surface area contributed by atoms with Crippen molar-refractivity contribution < 1.29 is 9.59 Å². The normalized spacial score (nSPS) is 32.1. The summed E-state index contributed by atoms with van der Waals surface area (Å²) >= 11 is 0. The van der Waals surface area contributed by atoms with Gasteiger partial charge in [0, 0.05) is 13.1 Å². The van der Waals surface area contributed by atoms with Crippen LogP contribution in [0.2, 0.25) is 0 Å². The lowest BCUT2D eigenvalue weighted by Gasteiger charge is -2.33. The van der Waals surface area contributed by atoms with Crippen molar-refractivity contribution in [1.29, 1.82) is 0 Å². The summed E-state index contributed by atoms with van der Waals surface area (Å²) in [4.78, 5) is 23.5. The number of rotatable bonds is 0. The van der Waals surface area contributed by atoms with Crippen molar-refractivity contribution in [2.24, 2.45) is 5.92 Å². The minimum absolute atomic E-state index is 0.00347. The molecule has 1 fully saturated rings. The molecule has 0 saturated carbocycles. The molecule has 0 spiro atoms. The van der Waals surface area contributed by atoms with Crippen LogP contribution in [0.3, 0.4) is 0 Å². The van der Waals surface area contributed by atoms with E-state index >= 15 is 0 Å². The van der Waals surface area contributed by atoms with E-state index in [4.69, 9.17) is 0 Å². The average Bonchev–Trinajstić information content (AvgIpc) is 1.97. The van der Waals surface area contributed by atoms with Gasteiger partial charge in [0.25, 0.3) is 0 Å². The van der Waals surface area contributed by atoms with Gasteiger partial charge in [0.15, 0.2) is 0 Å². The highest BCUT2D eigenvalue weighted by Gasteiger charge is 2.32. The van der Waals surface area contributed by atoms with Gasteiger partial charge in [-0.15, -0.1) is 0 Å². The molecule has 0 aromatic rings. The number of carbonyl (C=O) groups excluding carboxylic acids is 2. The molecule has 11 heavy (non-hydrogen) atoms. The number of hydrogen-bond donors (Lipinski definition) is 1. The maximum absolute atomic E-state index is 11.0. The van der Waals surface area contributed by atoms with Gasteiger partial charge in [-0.2, -0.15) is 0 Å². The van der Waals surface area contributed by atoms with Crippen molar-refractivity contribution >= 4 is 11.9 Å². The number of imide groups is 1. The Hall–Kier alpha value is -1.06. The number of hydrogen-bond acceptors (Lipinski definition) is 2. The van der Waals surface area contributed by atoms with Crippen LogP contribution in [0.25, 0.3) is 0 Å². The van der Waals surface area contributed by atoms with Crippen LogP contribution >= 0.6 is 0 Å². The zero-order chi connectivity index (χ0) is 8.59. The highest BCUT2D eigenvalue weighted by Crippen LogP contribution is 2.13. The van der Waals surface area contributed by atoms with Gasteiger partial charge in [0.2, 0.25) is 5.91 Å². The number of carbonyl (C=O) groups is 2. The SMILES string of the molecule is C[C@H]1C(=O)NC(=O)N(C)[C@H]1C. The zero-order valence-electron chi connectivity index (χ0n) is 6.92. The van der Waals surface area contributed by atoms with E-state index in [0.717, 1.165) is 0 Å². The fourth-order valence-electron chi connectivity index (χ4n) is 1.05. The van der Waals surface area contributed by atoms with Gasteiger partial charge in [-0.3, -0.25) is 10.1 Å². The van der Waals surface area contributed by atoms with E-state index in [2.05, 4.69) is 5.32 Å². The third-order valence-corrected chi connectivity index (χ3v) is 2.30. The first-order chi connectivity index (χ1) is 5.04. The fourth-order valence-corrected chi connectivity index (χ4v) is 1.05. The first-order valence-electron chi connectivity index (χ1n) is 3.61. The third kappa shape index (κ3) is 1.20. The molecule has 62 valence electrons. The lowest BCUT2D eigenvalue weighted by atomic mass is 10.00. The van der Waals surface area contributed by atoms with E-state index in [9.17, 15) is 9.59 Å². The molecule has 0 aromatic heterocycles. The van der Waals surface area contributed by atoms with Crippen molar-refractivity contribution in [2.75, 3.05) is 7.05 Å². The molecule has 2 atom stereocenters. The monoisotopic (exact) mass is 156 g/mol. The number of urea groups is 1. The van der Waals surface area contributed by atoms with Crippen LogP contribution in [-0.4, -0.2) is 29.9 Å². The first kappa shape index (κ1) is 8.04. The van der Waals surface area contributed by atoms with Gasteiger partial charge in [-0.1, -0.05) is 6.92 Å². The molecule has 1 aliphatic rings. The predicted molar refractivity (Wildman–Crippen MR) is 39.9 cm³/mol. The molecule has 4 nitrogen and oxygen atoms in total. The van der Waals surface area contributed by atoms with E-state index < -0.39 is 0 Å². The molecule has 0 bridgehead atoms. The van der Waals surface area contributed by atoms with E-state index in [-0.39, 0.29) is 23.9 Å². The Labute approximate surface area is 65.6 Å². The largest absolute Gasteiger partial charge is 0.324 e. The molecule has 1 N–H and O–H groups in total. The van der Waals surface area contributed by atoms with Crippen molar-refractivity contribution in [2.45, 2.75) is 19.9 Å². The number of amides is 3. The van der Waals surface area contributed by atoms with Gasteiger partial charge >= 0.3 is 6.03 Å². The average molecular weight is 156 g/mol. The van der Waals surface area contributed by atoms with Gasteiger partial charge in [0.05, 0.1) is 5.92 Å². The summed E-state index contributed by atoms with van der Waals surface area (Å²) in [6.45, 7) is 3.67. The molecular weight excluding hydrogens is 144 g/mol. The predicted octanol–water partition coefficient (Wildman–Crippen LogP) is 0.193. The first-order valence-corrected chi connectivity index (χ1v) is 3.61. The maximum Gasteiger partial charge on any atom is 0.324 e. The fraction of sp³-hybridized carbons (Fsp3) is 0.714. The Kier molecular flexibility index (Phi) is 1.85. The Morgan fingerprint density at radius 3 is 2.45 bits per heavy atom. The van der Waals surface area contributed by atoms with E-state index in [1.807, 2.05) is 13.8 Å². The Bertz CT molecular complexity index is 183. The topological polar surface area (TPSA) is 49.4 Å². The van der Waals surface area contributed by atoms with Gasteiger partial charge in [0.1, 0.15) is 0 Å². The lowest BCUT2D eigenvalue weighted by Crippen LogP contribution is -2.56. The summed E-state index contributed by atoms with van der Waals surface area (Å²) in [6, 6.07) is -0.308. The minimum Gasteiger partial charge on any atom is -0.324 e. The molecule has 1 rings (SSSR count). The molecule has 1 heterocycles. The molecule has 0 unspecified atom stereocenters. The lowest BCUT2D eigenvalue weighted by molar-refractivity contribution is -0.126. The molecule has 1 saturated heterocycles. The summed E-state index contributed by atoms with van der Waals surface area (Å²) in [5.74, 6) is -0.293. The second kappa shape index (κ2) is 2.53. The molecular formula is C7H12N2O2. The standard InChI is InChI=1S/C7H12N2O2/c1-4-5(2)9(3)7(11)8-6(4)10/h4-5H,1-3H3,(H,8,10,11)/t4-,5+/m1/s1. The minimum atomic E-state index is -0.305. The molecule has 0 aromatic carbocycles. The highest BCUT2D eigenvalue weighted by atomic mass is 16.2. The number of nitrogens with one attached hydrogen (secondary N) is 1. The smallest absolute Gasteiger partial charge is 0.324 e. The second-order valence-corrected chi connectivity index (χ2v) is 2.93. The molecule has 0 radical (unpaired) electrons. The summed E-state index contributed by atoms with van der Waals surface area (Å²) < 4.78 is 0. The second-order valence-electron chi connectivity index (χ2n) is 2.93. The summed E-state index contributed by atoms with van der Waals surface area (Å²) in [7, 11) is 1.68. The van der Waals surface area contributed by atoms with Crippen LogP contribution in [-0.2, 0) is 4.79 Å². The Morgan fingerprint density at radius 1 is 1.36 bits per heavy atom. The highest BCUT2D eigenvalue weighted by molar-refractivity contribution is 5.98. The van der Waals surface area contributed by atoms with Crippen molar-refractivity contribution in [1.82, 2.24) is 10.2 Å². The van der Waals surface area contributed by atoms with Crippen LogP contribution in [0, 0.1) is 5.92 Å². The van der Waals surface area contributed by atoms with Crippen molar-refractivity contribution in [3.8, 4) is 0 Å². The summed E-state index contributed by atoms with van der Waals surface area (Å²) in [6.07, 6.45) is 0. The van der Waals surface area contributed by atoms with E-state index in [1.54, 1.807) is 7.05 Å². The Balaban J connectivity index is 2.78. The van der Waals surface area contributed by atoms with Crippen LogP contribution < -0.4 is 5.32 Å². The Morgan fingerprint density at radius 2 is 1.91 bits per heavy atom. The van der Waals surface area contributed by atoms with Gasteiger partial charge in [-0.25, -0.2) is 4.79 Å². The van der Waals surface area contributed by atoms with Crippen LogP contribution in [0.1, 0.15) is 13.8 Å². The van der Waals surface area contributed by atoms with Crippen LogP contribution in [0.4, 0.5) is 4.79 Å². The molecule has 1 aliphatic heterocycles. The van der Waals surface area contributed by atoms with Gasteiger partial charge < -0.3 is 4.90 Å². The maximum atomic E-state index is 11.0. The molecule has 4 heteroatoms. The van der Waals surface area contributed by atoms with Gasteiger partial charge in [-0.05, 0) is 6.92 Å². The third-order valence-electron chi connectivity index (χ3n) is 2.30. The van der Waals surface area contributed by atoms with Crippen LogP contribution in [0.15, 0.2) is 0 Å². The van der Waals surface area contributed by atoms with Crippen molar-refractivity contribution in [3.63, 3.8) is 0 Å². The summed E-state index contributed by atoms with van der Waals surface area (Å²) in [5, 5.41) is 2.26. The van der Waals surface area contributed by atoms with E-state index in [1.165, 1.54) is 4.90 Å².